The predicted molar refractivity (Wildman–Crippen MR) is 73.6 cm³/mol. The molecule has 1 heterocycles. The van der Waals surface area contributed by atoms with E-state index in [2.05, 4.69) is 17.2 Å². The third-order valence-electron chi connectivity index (χ3n) is 4.36. The Balaban J connectivity index is 1.75. The molecule has 4 heteroatoms. The van der Waals surface area contributed by atoms with Crippen molar-refractivity contribution in [2.75, 3.05) is 6.54 Å². The lowest BCUT2D eigenvalue weighted by atomic mass is 9.78. The SMILES string of the molecule is C[C@@H](N)C1CCC(C(=O)NC2CC=NCC2)CC1. The van der Waals surface area contributed by atoms with Gasteiger partial charge in [-0.3, -0.25) is 9.79 Å². The molecule has 1 aliphatic heterocycles. The molecule has 1 unspecified atom stereocenters. The van der Waals surface area contributed by atoms with Gasteiger partial charge in [0, 0.05) is 37.2 Å². The van der Waals surface area contributed by atoms with Crippen molar-refractivity contribution in [3.8, 4) is 0 Å². The van der Waals surface area contributed by atoms with Crippen LogP contribution in [0.15, 0.2) is 4.99 Å². The lowest BCUT2D eigenvalue weighted by molar-refractivity contribution is -0.127. The molecule has 18 heavy (non-hydrogen) atoms. The molecule has 0 aromatic heterocycles. The molecule has 4 nitrogen and oxygen atoms in total. The van der Waals surface area contributed by atoms with Crippen LogP contribution in [0, 0.1) is 11.8 Å². The van der Waals surface area contributed by atoms with E-state index in [0.717, 1.165) is 45.1 Å². The van der Waals surface area contributed by atoms with Gasteiger partial charge in [0.05, 0.1) is 0 Å². The smallest absolute Gasteiger partial charge is 0.223 e. The summed E-state index contributed by atoms with van der Waals surface area (Å²) in [7, 11) is 0. The van der Waals surface area contributed by atoms with Crippen LogP contribution in [0.3, 0.4) is 0 Å². The lowest BCUT2D eigenvalue weighted by Gasteiger charge is -2.31. The number of nitrogens with two attached hydrogens (primary N) is 1. The maximum atomic E-state index is 12.2. The number of aliphatic imine (C=N–C) groups is 1. The summed E-state index contributed by atoms with van der Waals surface area (Å²) in [6.45, 7) is 2.93. The topological polar surface area (TPSA) is 67.5 Å². The molecular formula is C14H25N3O. The number of amides is 1. The number of carbonyl (C=O) groups excluding carboxylic acids is 1. The van der Waals surface area contributed by atoms with Crippen molar-refractivity contribution >= 4 is 12.1 Å². The molecule has 2 aliphatic rings. The summed E-state index contributed by atoms with van der Waals surface area (Å²) >= 11 is 0. The Bertz CT molecular complexity index is 306. The monoisotopic (exact) mass is 251 g/mol. The molecule has 1 saturated carbocycles. The zero-order chi connectivity index (χ0) is 13.0. The van der Waals surface area contributed by atoms with Gasteiger partial charge in [-0.1, -0.05) is 0 Å². The molecule has 0 radical (unpaired) electrons. The minimum atomic E-state index is 0.207. The van der Waals surface area contributed by atoms with Crippen molar-refractivity contribution < 1.29 is 4.79 Å². The highest BCUT2D eigenvalue weighted by Gasteiger charge is 2.28. The Morgan fingerprint density at radius 2 is 2.06 bits per heavy atom. The van der Waals surface area contributed by atoms with E-state index in [9.17, 15) is 4.79 Å². The minimum absolute atomic E-state index is 0.207. The van der Waals surface area contributed by atoms with E-state index in [4.69, 9.17) is 5.73 Å². The van der Waals surface area contributed by atoms with Crippen LogP contribution < -0.4 is 11.1 Å². The normalized spacial score (nSPS) is 34.0. The molecular weight excluding hydrogens is 226 g/mol. The molecule has 0 aromatic rings. The van der Waals surface area contributed by atoms with E-state index in [1.807, 2.05) is 6.21 Å². The predicted octanol–water partition coefficient (Wildman–Crippen LogP) is 1.49. The number of nitrogens with one attached hydrogen (secondary N) is 1. The number of rotatable bonds is 3. The first-order chi connectivity index (χ1) is 8.66. The van der Waals surface area contributed by atoms with Gasteiger partial charge in [-0.2, -0.15) is 0 Å². The molecule has 0 bridgehead atoms. The lowest BCUT2D eigenvalue weighted by Crippen LogP contribution is -2.42. The van der Waals surface area contributed by atoms with Crippen molar-refractivity contribution in [3.05, 3.63) is 0 Å². The van der Waals surface area contributed by atoms with Crippen LogP contribution in [-0.2, 0) is 4.79 Å². The molecule has 0 spiro atoms. The first kappa shape index (κ1) is 13.5. The fraction of sp³-hybridized carbons (Fsp3) is 0.857. The van der Waals surface area contributed by atoms with E-state index < -0.39 is 0 Å². The van der Waals surface area contributed by atoms with E-state index in [1.54, 1.807) is 0 Å². The molecule has 1 aliphatic carbocycles. The zero-order valence-electron chi connectivity index (χ0n) is 11.3. The van der Waals surface area contributed by atoms with Crippen molar-refractivity contribution in [3.63, 3.8) is 0 Å². The second-order valence-electron chi connectivity index (χ2n) is 5.79. The molecule has 0 saturated heterocycles. The van der Waals surface area contributed by atoms with Gasteiger partial charge >= 0.3 is 0 Å². The first-order valence-corrected chi connectivity index (χ1v) is 7.21. The second-order valence-corrected chi connectivity index (χ2v) is 5.79. The largest absolute Gasteiger partial charge is 0.353 e. The summed E-state index contributed by atoms with van der Waals surface area (Å²) in [6.07, 6.45) is 8.00. The first-order valence-electron chi connectivity index (χ1n) is 7.21. The minimum Gasteiger partial charge on any atom is -0.353 e. The maximum absolute atomic E-state index is 12.2. The third-order valence-corrected chi connectivity index (χ3v) is 4.36. The quantitative estimate of drug-likeness (QED) is 0.798. The highest BCUT2D eigenvalue weighted by Crippen LogP contribution is 2.30. The van der Waals surface area contributed by atoms with Crippen molar-refractivity contribution in [2.45, 2.75) is 57.5 Å². The fourth-order valence-corrected chi connectivity index (χ4v) is 3.00. The van der Waals surface area contributed by atoms with E-state index in [1.165, 1.54) is 0 Å². The van der Waals surface area contributed by atoms with Crippen LogP contribution in [0.25, 0.3) is 0 Å². The maximum Gasteiger partial charge on any atom is 0.223 e. The molecule has 1 fully saturated rings. The Morgan fingerprint density at radius 1 is 1.33 bits per heavy atom. The van der Waals surface area contributed by atoms with Crippen LogP contribution in [0.2, 0.25) is 0 Å². The summed E-state index contributed by atoms with van der Waals surface area (Å²) in [5, 5.41) is 3.17. The summed E-state index contributed by atoms with van der Waals surface area (Å²) in [5.74, 6) is 1.06. The fourth-order valence-electron chi connectivity index (χ4n) is 3.00. The van der Waals surface area contributed by atoms with Gasteiger partial charge in [0.25, 0.3) is 0 Å². The molecule has 2 atom stereocenters. The zero-order valence-corrected chi connectivity index (χ0v) is 11.3. The highest BCUT2D eigenvalue weighted by molar-refractivity contribution is 5.79. The van der Waals surface area contributed by atoms with Gasteiger partial charge in [-0.15, -0.1) is 0 Å². The van der Waals surface area contributed by atoms with Gasteiger partial charge in [0.1, 0.15) is 0 Å². The summed E-state index contributed by atoms with van der Waals surface area (Å²) < 4.78 is 0. The van der Waals surface area contributed by atoms with Gasteiger partial charge in [0.15, 0.2) is 0 Å². The van der Waals surface area contributed by atoms with E-state index in [-0.39, 0.29) is 17.9 Å². The Labute approximate surface area is 109 Å². The Morgan fingerprint density at radius 3 is 2.61 bits per heavy atom. The van der Waals surface area contributed by atoms with E-state index >= 15 is 0 Å². The summed E-state index contributed by atoms with van der Waals surface area (Å²) in [6, 6.07) is 0.574. The van der Waals surface area contributed by atoms with E-state index in [0.29, 0.717) is 12.0 Å². The number of hydrogen-bond donors (Lipinski definition) is 2. The van der Waals surface area contributed by atoms with Crippen LogP contribution in [0.4, 0.5) is 0 Å². The standard InChI is InChI=1S/C14H25N3O/c1-10(15)11-2-4-12(5-3-11)14(18)17-13-6-8-16-9-7-13/h8,10-13H,2-7,9,15H2,1H3,(H,17,18)/t10-,11?,12?,13?/m1/s1. The average Bonchev–Trinajstić information content (AvgIpc) is 2.40. The van der Waals surface area contributed by atoms with Crippen LogP contribution in [-0.4, -0.2) is 30.8 Å². The van der Waals surface area contributed by atoms with Crippen molar-refractivity contribution in [1.29, 1.82) is 0 Å². The van der Waals surface area contributed by atoms with Crippen LogP contribution >= 0.6 is 0 Å². The van der Waals surface area contributed by atoms with Gasteiger partial charge < -0.3 is 11.1 Å². The number of hydrogen-bond acceptors (Lipinski definition) is 3. The van der Waals surface area contributed by atoms with Crippen molar-refractivity contribution in [2.24, 2.45) is 22.6 Å². The second kappa shape index (κ2) is 6.32. The van der Waals surface area contributed by atoms with Crippen LogP contribution in [0.5, 0.6) is 0 Å². The van der Waals surface area contributed by atoms with Crippen molar-refractivity contribution in [1.82, 2.24) is 5.32 Å². The van der Waals surface area contributed by atoms with Crippen LogP contribution in [0.1, 0.15) is 45.4 Å². The number of carbonyl (C=O) groups is 1. The molecule has 0 aromatic carbocycles. The molecule has 102 valence electrons. The summed E-state index contributed by atoms with van der Waals surface area (Å²) in [4.78, 5) is 16.3. The summed E-state index contributed by atoms with van der Waals surface area (Å²) in [5.41, 5.74) is 5.92. The molecule has 2 rings (SSSR count). The third kappa shape index (κ3) is 3.55. The number of nitrogens with zero attached hydrogens (tertiary/aromatic N) is 1. The highest BCUT2D eigenvalue weighted by atomic mass is 16.1. The molecule has 1 amide bonds. The average molecular weight is 251 g/mol. The Hall–Kier alpha value is -0.900. The van der Waals surface area contributed by atoms with Gasteiger partial charge in [-0.05, 0) is 44.9 Å². The van der Waals surface area contributed by atoms with Gasteiger partial charge in [0.2, 0.25) is 5.91 Å². The van der Waals surface area contributed by atoms with Gasteiger partial charge in [-0.25, -0.2) is 0 Å². The Kier molecular flexibility index (Phi) is 4.75. The molecule has 3 N–H and O–H groups in total.